The molecule has 8 heteroatoms. The fourth-order valence-electron chi connectivity index (χ4n) is 2.72. The fraction of sp³-hybridized carbons (Fsp3) is 0.118. The third-order valence-electron chi connectivity index (χ3n) is 3.97. The van der Waals surface area contributed by atoms with E-state index in [0.29, 0.717) is 11.4 Å². The highest BCUT2D eigenvalue weighted by Gasteiger charge is 2.17. The first kappa shape index (κ1) is 15.4. The number of thiazole rings is 1. The molecule has 0 unspecified atom stereocenters. The van der Waals surface area contributed by atoms with Crippen LogP contribution < -0.4 is 10.2 Å². The summed E-state index contributed by atoms with van der Waals surface area (Å²) >= 11 is 1.52. The zero-order valence-electron chi connectivity index (χ0n) is 13.7. The van der Waals surface area contributed by atoms with Gasteiger partial charge in [-0.15, -0.1) is 5.10 Å². The average molecular weight is 352 g/mol. The van der Waals surface area contributed by atoms with Crippen LogP contribution in [0.5, 0.6) is 0 Å². The van der Waals surface area contributed by atoms with Crippen molar-refractivity contribution in [3.05, 3.63) is 65.4 Å². The second kappa shape index (κ2) is 6.06. The van der Waals surface area contributed by atoms with Crippen molar-refractivity contribution >= 4 is 27.5 Å². The first-order valence-electron chi connectivity index (χ1n) is 7.69. The highest BCUT2D eigenvalue weighted by molar-refractivity contribution is 7.16. The number of rotatable bonds is 3. The lowest BCUT2D eigenvalue weighted by Crippen LogP contribution is -2.24. The number of aromatic nitrogens is 4. The molecule has 7 nitrogen and oxygen atoms in total. The van der Waals surface area contributed by atoms with Gasteiger partial charge in [0.15, 0.2) is 0 Å². The van der Waals surface area contributed by atoms with Crippen molar-refractivity contribution in [2.75, 3.05) is 0 Å². The van der Waals surface area contributed by atoms with E-state index in [2.05, 4.69) is 15.6 Å². The molecule has 0 bridgehead atoms. The Morgan fingerprint density at radius 1 is 1.16 bits per heavy atom. The van der Waals surface area contributed by atoms with Crippen LogP contribution in [0.25, 0.3) is 16.0 Å². The summed E-state index contributed by atoms with van der Waals surface area (Å²) in [4.78, 5) is 13.3. The summed E-state index contributed by atoms with van der Waals surface area (Å²) in [6, 6.07) is 11.8. The number of nitrogens with zero attached hydrogens (tertiary/aromatic N) is 5. The molecule has 126 valence electrons. The molecule has 0 aliphatic carbocycles. The first-order valence-corrected chi connectivity index (χ1v) is 8.51. The zero-order chi connectivity index (χ0) is 17.4. The molecular formula is C17H16N6OS. The van der Waals surface area contributed by atoms with Gasteiger partial charge >= 0.3 is 0 Å². The van der Waals surface area contributed by atoms with Crippen LogP contribution in [0.3, 0.4) is 0 Å². The van der Waals surface area contributed by atoms with E-state index in [4.69, 9.17) is 0 Å². The summed E-state index contributed by atoms with van der Waals surface area (Å²) < 4.78 is 6.58. The Labute approximate surface area is 147 Å². The van der Waals surface area contributed by atoms with E-state index in [0.717, 1.165) is 15.0 Å². The summed E-state index contributed by atoms with van der Waals surface area (Å²) in [6.07, 6.45) is 5.29. The normalized spacial score (nSPS) is 12.0. The summed E-state index contributed by atoms with van der Waals surface area (Å²) in [5, 5.41) is 8.48. The van der Waals surface area contributed by atoms with Crippen LogP contribution in [0, 0.1) is 0 Å². The van der Waals surface area contributed by atoms with Crippen molar-refractivity contribution in [2.45, 2.75) is 0 Å². The lowest BCUT2D eigenvalue weighted by Gasteiger charge is -2.06. The van der Waals surface area contributed by atoms with Crippen molar-refractivity contribution in [3.63, 3.8) is 0 Å². The van der Waals surface area contributed by atoms with Gasteiger partial charge in [-0.1, -0.05) is 23.5 Å². The largest absolute Gasteiger partial charge is 0.318 e. The van der Waals surface area contributed by atoms with E-state index in [9.17, 15) is 4.79 Å². The topological polar surface area (TPSA) is 69.1 Å². The van der Waals surface area contributed by atoms with E-state index in [-0.39, 0.29) is 5.91 Å². The van der Waals surface area contributed by atoms with Crippen molar-refractivity contribution in [1.29, 1.82) is 0 Å². The van der Waals surface area contributed by atoms with E-state index in [1.54, 1.807) is 17.9 Å². The summed E-state index contributed by atoms with van der Waals surface area (Å²) in [5.74, 6) is 0.396. The Bertz CT molecular complexity index is 1120. The molecule has 1 aromatic carbocycles. The molecule has 0 radical (unpaired) electrons. The number of fused-ring (bicyclic) bond motifs is 1. The number of aryl methyl sites for hydroxylation is 2. The molecule has 3 aromatic heterocycles. The molecule has 0 aliphatic heterocycles. The SMILES string of the molecule is Cn1ncc(C(=O)N/N=c2\sc3ccccc3n2C)c1-n1cccc1. The number of para-hydroxylation sites is 1. The van der Waals surface area contributed by atoms with Crippen LogP contribution in [0.15, 0.2) is 60.1 Å². The molecule has 4 aromatic rings. The molecule has 0 saturated carbocycles. The molecule has 1 amide bonds. The maximum atomic E-state index is 12.6. The minimum Gasteiger partial charge on any atom is -0.318 e. The number of carbonyl (C=O) groups excluding carboxylic acids is 1. The van der Waals surface area contributed by atoms with Crippen LogP contribution in [-0.4, -0.2) is 24.8 Å². The molecular weight excluding hydrogens is 336 g/mol. The van der Waals surface area contributed by atoms with Crippen molar-refractivity contribution < 1.29 is 4.79 Å². The van der Waals surface area contributed by atoms with Crippen LogP contribution >= 0.6 is 11.3 Å². The summed E-state index contributed by atoms with van der Waals surface area (Å²) in [6.45, 7) is 0. The average Bonchev–Trinajstić information content (AvgIpc) is 3.33. The third-order valence-corrected chi connectivity index (χ3v) is 5.08. The number of carbonyl (C=O) groups is 1. The molecule has 25 heavy (non-hydrogen) atoms. The minimum atomic E-state index is -0.297. The number of nitrogens with one attached hydrogen (secondary N) is 1. The Kier molecular flexibility index (Phi) is 3.73. The Morgan fingerprint density at radius 2 is 1.92 bits per heavy atom. The Balaban J connectivity index is 1.68. The smallest absolute Gasteiger partial charge is 0.276 e. The quantitative estimate of drug-likeness (QED) is 0.573. The van der Waals surface area contributed by atoms with Crippen LogP contribution in [0.2, 0.25) is 0 Å². The van der Waals surface area contributed by atoms with E-state index in [1.165, 1.54) is 11.3 Å². The maximum Gasteiger partial charge on any atom is 0.276 e. The van der Waals surface area contributed by atoms with Gasteiger partial charge in [-0.2, -0.15) is 5.10 Å². The van der Waals surface area contributed by atoms with Gasteiger partial charge in [-0.3, -0.25) is 9.48 Å². The van der Waals surface area contributed by atoms with Crippen LogP contribution in [-0.2, 0) is 14.1 Å². The lowest BCUT2D eigenvalue weighted by molar-refractivity contribution is 0.0953. The second-order valence-electron chi connectivity index (χ2n) is 5.56. The molecule has 0 fully saturated rings. The fourth-order valence-corrected chi connectivity index (χ4v) is 3.70. The highest BCUT2D eigenvalue weighted by atomic mass is 32.1. The van der Waals surface area contributed by atoms with E-state index in [1.807, 2.05) is 65.0 Å². The van der Waals surface area contributed by atoms with Gasteiger partial charge in [0.05, 0.1) is 16.4 Å². The van der Waals surface area contributed by atoms with Gasteiger partial charge in [0.2, 0.25) is 4.80 Å². The minimum absolute atomic E-state index is 0.297. The van der Waals surface area contributed by atoms with Crippen LogP contribution in [0.4, 0.5) is 0 Å². The highest BCUT2D eigenvalue weighted by Crippen LogP contribution is 2.15. The first-order chi connectivity index (χ1) is 12.1. The predicted octanol–water partition coefficient (Wildman–Crippen LogP) is 2.01. The van der Waals surface area contributed by atoms with Gasteiger partial charge in [-0.25, -0.2) is 5.43 Å². The molecule has 4 rings (SSSR count). The number of amides is 1. The second-order valence-corrected chi connectivity index (χ2v) is 6.57. The van der Waals surface area contributed by atoms with Crippen molar-refractivity contribution in [3.8, 4) is 5.82 Å². The Morgan fingerprint density at radius 3 is 2.68 bits per heavy atom. The number of hydrogen-bond donors (Lipinski definition) is 1. The van der Waals surface area contributed by atoms with Gasteiger partial charge < -0.3 is 9.13 Å². The Hall–Kier alpha value is -3.13. The van der Waals surface area contributed by atoms with Gasteiger partial charge in [-0.05, 0) is 24.3 Å². The van der Waals surface area contributed by atoms with Crippen LogP contribution in [0.1, 0.15) is 10.4 Å². The molecule has 0 spiro atoms. The van der Waals surface area contributed by atoms with Gasteiger partial charge in [0, 0.05) is 26.5 Å². The predicted molar refractivity (Wildman–Crippen MR) is 96.4 cm³/mol. The maximum absolute atomic E-state index is 12.6. The van der Waals surface area contributed by atoms with Gasteiger partial charge in [0.1, 0.15) is 11.4 Å². The monoisotopic (exact) mass is 352 g/mol. The van der Waals surface area contributed by atoms with E-state index >= 15 is 0 Å². The summed E-state index contributed by atoms with van der Waals surface area (Å²) in [5.41, 5.74) is 4.18. The third kappa shape index (κ3) is 2.66. The van der Waals surface area contributed by atoms with Gasteiger partial charge in [0.25, 0.3) is 5.91 Å². The standard InChI is InChI=1S/C17H16N6OS/c1-21-13-7-3-4-8-14(13)25-17(21)20-19-15(24)12-11-18-22(2)16(12)23-9-5-6-10-23/h3-11H,1-2H3,(H,19,24)/b20-17-. The lowest BCUT2D eigenvalue weighted by atomic mass is 10.3. The van der Waals surface area contributed by atoms with Crippen molar-refractivity contribution in [2.24, 2.45) is 19.2 Å². The number of benzene rings is 1. The van der Waals surface area contributed by atoms with Crippen molar-refractivity contribution in [1.82, 2.24) is 24.3 Å². The molecule has 0 atom stereocenters. The molecule has 0 aliphatic rings. The zero-order valence-corrected chi connectivity index (χ0v) is 14.6. The molecule has 0 saturated heterocycles. The molecule has 3 heterocycles. The number of hydrogen-bond acceptors (Lipinski definition) is 4. The molecule has 1 N–H and O–H groups in total. The summed E-state index contributed by atoms with van der Waals surface area (Å²) in [7, 11) is 3.73. The van der Waals surface area contributed by atoms with E-state index < -0.39 is 0 Å².